The van der Waals surface area contributed by atoms with Crippen LogP contribution in [0.25, 0.3) is 0 Å². The van der Waals surface area contributed by atoms with Crippen LogP contribution >= 0.6 is 0 Å². The van der Waals surface area contributed by atoms with Gasteiger partial charge in [-0.1, -0.05) is 12.1 Å². The van der Waals surface area contributed by atoms with Crippen molar-refractivity contribution in [3.8, 4) is 0 Å². The van der Waals surface area contributed by atoms with Crippen LogP contribution < -0.4 is 5.32 Å². The van der Waals surface area contributed by atoms with Gasteiger partial charge in [0.25, 0.3) is 5.91 Å². The van der Waals surface area contributed by atoms with E-state index < -0.39 is 0 Å². The second-order valence-electron chi connectivity index (χ2n) is 7.49. The first-order valence-electron chi connectivity index (χ1n) is 9.81. The molecule has 0 spiro atoms. The summed E-state index contributed by atoms with van der Waals surface area (Å²) in [4.78, 5) is 26.3. The minimum absolute atomic E-state index is 0.193. The number of likely N-dealkylation sites (tertiary alicyclic amines) is 1. The average Bonchev–Trinajstić information content (AvgIpc) is 3.41. The number of amidine groups is 1. The van der Waals surface area contributed by atoms with Gasteiger partial charge in [0.15, 0.2) is 0 Å². The molecule has 28 heavy (non-hydrogen) atoms. The molecule has 1 fully saturated rings. The highest BCUT2D eigenvalue weighted by Gasteiger charge is 2.33. The zero-order valence-corrected chi connectivity index (χ0v) is 15.9. The number of benzene rings is 1. The minimum Gasteiger partial charge on any atom is -0.442 e. The van der Waals surface area contributed by atoms with Crippen LogP contribution in [-0.4, -0.2) is 54.1 Å². The molecule has 0 radical (unpaired) electrons. The van der Waals surface area contributed by atoms with Gasteiger partial charge in [-0.15, -0.1) is 0 Å². The highest BCUT2D eigenvalue weighted by atomic mass is 16.4. The smallest absolute Gasteiger partial charge is 0.260 e. The Balaban J connectivity index is 1.35. The summed E-state index contributed by atoms with van der Waals surface area (Å²) in [6.45, 7) is 6.59. The number of furan rings is 1. The first-order valence-corrected chi connectivity index (χ1v) is 9.81. The first-order chi connectivity index (χ1) is 13.7. The molecule has 0 aliphatic carbocycles. The fraction of sp³-hybridized carbons (Fsp3) is 0.381. The fourth-order valence-corrected chi connectivity index (χ4v) is 4.11. The van der Waals surface area contributed by atoms with Crippen LogP contribution in [0.15, 0.2) is 38.7 Å². The Morgan fingerprint density at radius 3 is 2.75 bits per heavy atom. The highest BCUT2D eigenvalue weighted by Crippen LogP contribution is 2.34. The molecule has 0 saturated carbocycles. The maximum Gasteiger partial charge on any atom is 0.260 e. The fourth-order valence-electron chi connectivity index (χ4n) is 4.11. The van der Waals surface area contributed by atoms with Crippen molar-refractivity contribution < 1.29 is 9.21 Å². The molecular weight excluding hydrogens is 354 g/mol. The van der Waals surface area contributed by atoms with Crippen molar-refractivity contribution in [3.63, 3.8) is 0 Å². The molecule has 7 heteroatoms. The van der Waals surface area contributed by atoms with Crippen molar-refractivity contribution in [1.82, 2.24) is 9.80 Å². The van der Waals surface area contributed by atoms with Crippen molar-refractivity contribution in [2.45, 2.75) is 26.3 Å². The van der Waals surface area contributed by atoms with Crippen LogP contribution in [0.3, 0.4) is 0 Å². The predicted octanol–water partition coefficient (Wildman–Crippen LogP) is 3.17. The normalized spacial score (nSPS) is 18.2. The Labute approximate surface area is 163 Å². The molecule has 0 atom stereocenters. The van der Waals surface area contributed by atoms with Crippen molar-refractivity contribution >= 4 is 29.7 Å². The van der Waals surface area contributed by atoms with Gasteiger partial charge in [-0.3, -0.25) is 14.7 Å². The molecule has 3 aliphatic rings. The molecule has 144 valence electrons. The van der Waals surface area contributed by atoms with E-state index in [1.54, 1.807) is 13.3 Å². The number of nitrogens with zero attached hydrogens (tertiary/aromatic N) is 4. The lowest BCUT2D eigenvalue weighted by Gasteiger charge is -2.18. The number of amides is 1. The molecule has 0 unspecified atom stereocenters. The number of hydrogen-bond donors (Lipinski definition) is 1. The Bertz CT molecular complexity index is 967. The summed E-state index contributed by atoms with van der Waals surface area (Å²) in [5.41, 5.74) is 3.25. The molecular formula is C21H23N5O2. The van der Waals surface area contributed by atoms with Crippen LogP contribution in [0.4, 0.5) is 11.6 Å². The van der Waals surface area contributed by atoms with Crippen molar-refractivity contribution in [1.29, 1.82) is 0 Å². The number of rotatable bonds is 4. The van der Waals surface area contributed by atoms with Crippen LogP contribution in [0, 0.1) is 6.92 Å². The maximum absolute atomic E-state index is 13.0. The number of carbonyl (C=O) groups excluding carboxylic acids is 1. The second kappa shape index (κ2) is 6.91. The van der Waals surface area contributed by atoms with Gasteiger partial charge in [-0.05, 0) is 50.6 Å². The number of hydrogen-bond acceptors (Lipinski definition) is 6. The minimum atomic E-state index is -0.193. The maximum atomic E-state index is 13.0. The summed E-state index contributed by atoms with van der Waals surface area (Å²) in [7, 11) is 0. The third kappa shape index (κ3) is 3.01. The number of nitrogens with one attached hydrogen (secondary N) is 1. The molecule has 2 aromatic rings. The van der Waals surface area contributed by atoms with Crippen LogP contribution in [0.5, 0.6) is 0 Å². The molecule has 4 heterocycles. The molecule has 3 aliphatic heterocycles. The summed E-state index contributed by atoms with van der Waals surface area (Å²) in [5, 5.41) is 3.00. The lowest BCUT2D eigenvalue weighted by atomic mass is 10.1. The van der Waals surface area contributed by atoms with Crippen molar-refractivity contribution in [2.24, 2.45) is 9.98 Å². The predicted molar refractivity (Wildman–Crippen MR) is 109 cm³/mol. The van der Waals surface area contributed by atoms with E-state index in [1.165, 1.54) is 31.5 Å². The van der Waals surface area contributed by atoms with E-state index in [9.17, 15) is 4.79 Å². The van der Waals surface area contributed by atoms with E-state index >= 15 is 0 Å². The monoisotopic (exact) mass is 377 g/mol. The summed E-state index contributed by atoms with van der Waals surface area (Å²) >= 11 is 0. The van der Waals surface area contributed by atoms with Gasteiger partial charge in [-0.25, -0.2) is 4.99 Å². The van der Waals surface area contributed by atoms with E-state index in [4.69, 9.17) is 4.42 Å². The average molecular weight is 377 g/mol. The molecule has 5 rings (SSSR count). The number of aliphatic imine (C=N–C) groups is 2. The van der Waals surface area contributed by atoms with E-state index in [1.807, 2.05) is 17.0 Å². The van der Waals surface area contributed by atoms with Gasteiger partial charge in [-0.2, -0.15) is 0 Å². The SMILES string of the molecule is Cc1oc2c(c1C(=O)Nc1ccc(CN3CCCC3)cc1)C1=NCCN1C=N2. The Kier molecular flexibility index (Phi) is 4.24. The zero-order valence-electron chi connectivity index (χ0n) is 15.9. The molecule has 1 saturated heterocycles. The first kappa shape index (κ1) is 17.2. The molecule has 0 bridgehead atoms. The van der Waals surface area contributed by atoms with Gasteiger partial charge >= 0.3 is 0 Å². The topological polar surface area (TPSA) is 73.4 Å². The highest BCUT2D eigenvalue weighted by molar-refractivity contribution is 6.19. The Morgan fingerprint density at radius 1 is 1.18 bits per heavy atom. The van der Waals surface area contributed by atoms with Gasteiger partial charge in [0.1, 0.15) is 17.9 Å². The summed E-state index contributed by atoms with van der Waals surface area (Å²) in [5.74, 6) is 1.59. The van der Waals surface area contributed by atoms with Gasteiger partial charge in [0.05, 0.1) is 17.7 Å². The quantitative estimate of drug-likeness (QED) is 0.888. The Hall–Kier alpha value is -2.93. The Morgan fingerprint density at radius 2 is 1.96 bits per heavy atom. The third-order valence-electron chi connectivity index (χ3n) is 5.52. The van der Waals surface area contributed by atoms with E-state index in [0.29, 0.717) is 29.3 Å². The zero-order chi connectivity index (χ0) is 19.1. The standard InChI is InChI=1S/C21H23N5O2/c1-14-17(18-19-22-8-11-26(19)13-23-21(18)28-14)20(27)24-16-6-4-15(5-7-16)12-25-9-2-3-10-25/h4-7,13H,2-3,8-12H2,1H3,(H,24,27). The van der Waals surface area contributed by atoms with Gasteiger partial charge < -0.3 is 14.6 Å². The third-order valence-corrected chi connectivity index (χ3v) is 5.52. The largest absolute Gasteiger partial charge is 0.442 e. The molecule has 1 N–H and O–H groups in total. The van der Waals surface area contributed by atoms with E-state index in [2.05, 4.69) is 32.3 Å². The summed E-state index contributed by atoms with van der Waals surface area (Å²) in [6, 6.07) is 8.09. The lowest BCUT2D eigenvalue weighted by Crippen LogP contribution is -2.30. The summed E-state index contributed by atoms with van der Waals surface area (Å²) in [6.07, 6.45) is 4.29. The number of anilines is 1. The molecule has 1 aromatic carbocycles. The van der Waals surface area contributed by atoms with Crippen LogP contribution in [-0.2, 0) is 6.54 Å². The van der Waals surface area contributed by atoms with Gasteiger partial charge in [0.2, 0.25) is 5.88 Å². The number of aryl methyl sites for hydroxylation is 1. The molecule has 1 aromatic heterocycles. The number of fused-ring (bicyclic) bond motifs is 3. The van der Waals surface area contributed by atoms with Gasteiger partial charge in [0, 0.05) is 18.8 Å². The lowest BCUT2D eigenvalue weighted by molar-refractivity contribution is 0.102. The van der Waals surface area contributed by atoms with Crippen molar-refractivity contribution in [3.05, 3.63) is 46.7 Å². The number of carbonyl (C=O) groups is 1. The van der Waals surface area contributed by atoms with E-state index in [-0.39, 0.29) is 5.91 Å². The summed E-state index contributed by atoms with van der Waals surface area (Å²) < 4.78 is 5.73. The molecule has 7 nitrogen and oxygen atoms in total. The molecule has 1 amide bonds. The second-order valence-corrected chi connectivity index (χ2v) is 7.49. The van der Waals surface area contributed by atoms with Crippen LogP contribution in [0.2, 0.25) is 0 Å². The van der Waals surface area contributed by atoms with E-state index in [0.717, 1.165) is 24.6 Å². The van der Waals surface area contributed by atoms with Crippen LogP contribution in [0.1, 0.15) is 40.1 Å². The van der Waals surface area contributed by atoms with Crippen molar-refractivity contribution in [2.75, 3.05) is 31.5 Å².